The zero-order valence-corrected chi connectivity index (χ0v) is 13.6. The third kappa shape index (κ3) is 3.04. The lowest BCUT2D eigenvalue weighted by molar-refractivity contribution is -0.142. The first-order valence-electron chi connectivity index (χ1n) is 8.70. The molecule has 2 aliphatic heterocycles. The minimum atomic E-state index is -2.72. The smallest absolute Gasteiger partial charge is 0.248 e. The van der Waals surface area contributed by atoms with Gasteiger partial charge in [0.25, 0.3) is 0 Å². The van der Waals surface area contributed by atoms with E-state index in [1.165, 1.54) is 0 Å². The van der Waals surface area contributed by atoms with Crippen LogP contribution in [0.5, 0.6) is 0 Å². The van der Waals surface area contributed by atoms with Crippen molar-refractivity contribution in [3.63, 3.8) is 0 Å². The molecule has 0 N–H and O–H groups in total. The van der Waals surface area contributed by atoms with E-state index < -0.39 is 17.8 Å². The van der Waals surface area contributed by atoms with Gasteiger partial charge >= 0.3 is 0 Å². The van der Waals surface area contributed by atoms with Crippen LogP contribution in [-0.4, -0.2) is 47.0 Å². The van der Waals surface area contributed by atoms with Gasteiger partial charge in [0.15, 0.2) is 0 Å². The first kappa shape index (κ1) is 15.9. The van der Waals surface area contributed by atoms with Crippen LogP contribution in [0.2, 0.25) is 0 Å². The fourth-order valence-corrected chi connectivity index (χ4v) is 4.10. The van der Waals surface area contributed by atoms with Crippen LogP contribution in [-0.2, 0) is 9.53 Å². The van der Waals surface area contributed by atoms with Gasteiger partial charge in [-0.25, -0.2) is 8.78 Å². The second-order valence-electron chi connectivity index (χ2n) is 7.36. The molecule has 1 spiro atoms. The van der Waals surface area contributed by atoms with Crippen LogP contribution >= 0.6 is 0 Å². The van der Waals surface area contributed by atoms with E-state index in [1.54, 1.807) is 24.4 Å². The van der Waals surface area contributed by atoms with E-state index in [1.807, 2.05) is 4.90 Å². The number of amides is 1. The Kier molecular flexibility index (Phi) is 3.82. The average Bonchev–Trinajstić information content (AvgIpc) is 3.34. The molecule has 6 heteroatoms. The fraction of sp³-hybridized carbons (Fsp3) is 0.667. The number of nitrogens with zero attached hydrogens (tertiary/aromatic N) is 2. The predicted molar refractivity (Wildman–Crippen MR) is 83.8 cm³/mol. The number of alkyl halides is 2. The average molecular weight is 336 g/mol. The lowest BCUT2D eigenvalue weighted by atomic mass is 9.74. The van der Waals surface area contributed by atoms with E-state index in [4.69, 9.17) is 4.74 Å². The van der Waals surface area contributed by atoms with E-state index in [0.717, 1.165) is 19.4 Å². The van der Waals surface area contributed by atoms with Gasteiger partial charge in [-0.05, 0) is 31.4 Å². The van der Waals surface area contributed by atoms with Crippen molar-refractivity contribution in [2.45, 2.75) is 49.5 Å². The number of hydrogen-bond donors (Lipinski definition) is 0. The molecule has 1 aliphatic carbocycles. The van der Waals surface area contributed by atoms with Gasteiger partial charge in [0.05, 0.1) is 12.2 Å². The van der Waals surface area contributed by atoms with Crippen molar-refractivity contribution in [1.29, 1.82) is 0 Å². The highest BCUT2D eigenvalue weighted by atomic mass is 19.3. The Morgan fingerprint density at radius 2 is 2.00 bits per heavy atom. The molecule has 3 heterocycles. The van der Waals surface area contributed by atoms with Gasteiger partial charge in [-0.2, -0.15) is 0 Å². The van der Waals surface area contributed by atoms with Crippen molar-refractivity contribution in [2.75, 3.05) is 19.7 Å². The Hall–Kier alpha value is -1.56. The highest BCUT2D eigenvalue weighted by molar-refractivity contribution is 5.80. The molecule has 3 fully saturated rings. The number of rotatable bonds is 2. The Labute approximate surface area is 140 Å². The van der Waals surface area contributed by atoms with E-state index in [-0.39, 0.29) is 30.8 Å². The Morgan fingerprint density at radius 1 is 1.25 bits per heavy atom. The molecule has 0 radical (unpaired) electrons. The van der Waals surface area contributed by atoms with Gasteiger partial charge in [-0.1, -0.05) is 6.07 Å². The number of piperidine rings is 1. The highest BCUT2D eigenvalue weighted by Crippen LogP contribution is 2.46. The van der Waals surface area contributed by atoms with Gasteiger partial charge in [0.1, 0.15) is 0 Å². The summed E-state index contributed by atoms with van der Waals surface area (Å²) in [6, 6.07) is 5.32. The van der Waals surface area contributed by atoms with Crippen LogP contribution in [0.25, 0.3) is 0 Å². The molecule has 1 aromatic heterocycles. The summed E-state index contributed by atoms with van der Waals surface area (Å²) in [4.78, 5) is 19.1. The molecule has 2 atom stereocenters. The first-order chi connectivity index (χ1) is 11.5. The second-order valence-corrected chi connectivity index (χ2v) is 7.36. The Morgan fingerprint density at radius 3 is 2.62 bits per heavy atom. The molecule has 4 nitrogen and oxygen atoms in total. The zero-order chi connectivity index (χ0) is 16.8. The minimum absolute atomic E-state index is 0.0107. The monoisotopic (exact) mass is 336 g/mol. The number of aromatic nitrogens is 1. The summed E-state index contributed by atoms with van der Waals surface area (Å²) in [5.74, 6) is -3.60. The lowest BCUT2D eigenvalue weighted by Crippen LogP contribution is -2.47. The minimum Gasteiger partial charge on any atom is -0.369 e. The summed E-state index contributed by atoms with van der Waals surface area (Å²) in [7, 11) is 0. The maximum absolute atomic E-state index is 14.0. The van der Waals surface area contributed by atoms with Crippen molar-refractivity contribution in [2.24, 2.45) is 5.92 Å². The van der Waals surface area contributed by atoms with E-state index in [2.05, 4.69) is 4.98 Å². The van der Waals surface area contributed by atoms with E-state index in [9.17, 15) is 13.6 Å². The quantitative estimate of drug-likeness (QED) is 0.780. The molecule has 2 unspecified atom stereocenters. The summed E-state index contributed by atoms with van der Waals surface area (Å²) in [6.07, 6.45) is 3.05. The molecule has 3 aliphatic rings. The number of likely N-dealkylation sites (tertiary alicyclic amines) is 1. The molecular formula is C18H22F2N2O2. The molecule has 1 amide bonds. The molecule has 0 aromatic carbocycles. The summed E-state index contributed by atoms with van der Waals surface area (Å²) in [5, 5.41) is 0. The zero-order valence-electron chi connectivity index (χ0n) is 13.6. The number of pyridine rings is 1. The number of carbonyl (C=O) groups excluding carboxylic acids is 1. The standard InChI is InChI=1S/C18H22F2N2O2/c19-18(20)5-4-13(14(11-18)15-3-1-2-8-21-15)16(23)22-9-6-17(7-10-22)12-24-17/h1-3,8,13-14H,4-7,9-12H2. The number of carbonyl (C=O) groups is 1. The molecule has 1 aromatic rings. The number of epoxide rings is 1. The van der Waals surface area contributed by atoms with Crippen molar-refractivity contribution in [3.8, 4) is 0 Å². The second kappa shape index (κ2) is 5.76. The maximum atomic E-state index is 14.0. The number of ether oxygens (including phenoxy) is 1. The molecule has 2 saturated heterocycles. The largest absolute Gasteiger partial charge is 0.369 e. The third-order valence-corrected chi connectivity index (χ3v) is 5.75. The summed E-state index contributed by atoms with van der Waals surface area (Å²) in [5.41, 5.74) is 0.616. The number of halogens is 2. The van der Waals surface area contributed by atoms with Gasteiger partial charge in [-0.3, -0.25) is 9.78 Å². The van der Waals surface area contributed by atoms with Crippen molar-refractivity contribution < 1.29 is 18.3 Å². The maximum Gasteiger partial charge on any atom is 0.248 e. The first-order valence-corrected chi connectivity index (χ1v) is 8.70. The Balaban J connectivity index is 1.52. The van der Waals surface area contributed by atoms with Crippen molar-refractivity contribution in [1.82, 2.24) is 9.88 Å². The summed E-state index contributed by atoms with van der Waals surface area (Å²) in [6.45, 7) is 2.13. The van der Waals surface area contributed by atoms with Crippen LogP contribution in [0.15, 0.2) is 24.4 Å². The van der Waals surface area contributed by atoms with Crippen LogP contribution in [0.4, 0.5) is 8.78 Å². The van der Waals surface area contributed by atoms with Crippen LogP contribution in [0, 0.1) is 5.92 Å². The van der Waals surface area contributed by atoms with E-state index in [0.29, 0.717) is 18.8 Å². The molecule has 4 rings (SSSR count). The molecule has 130 valence electrons. The summed E-state index contributed by atoms with van der Waals surface area (Å²) < 4.78 is 33.4. The summed E-state index contributed by atoms with van der Waals surface area (Å²) >= 11 is 0. The highest BCUT2D eigenvalue weighted by Gasteiger charge is 2.50. The normalized spacial score (nSPS) is 31.0. The SMILES string of the molecule is O=C(C1CCC(F)(F)CC1c1ccccn1)N1CCC2(CC1)CO2. The molecule has 0 bridgehead atoms. The Bertz CT molecular complexity index is 609. The number of hydrogen-bond acceptors (Lipinski definition) is 3. The molecular weight excluding hydrogens is 314 g/mol. The topological polar surface area (TPSA) is 45.7 Å². The molecule has 24 heavy (non-hydrogen) atoms. The van der Waals surface area contributed by atoms with Crippen molar-refractivity contribution >= 4 is 5.91 Å². The van der Waals surface area contributed by atoms with Gasteiger partial charge in [0, 0.05) is 49.7 Å². The van der Waals surface area contributed by atoms with Gasteiger partial charge < -0.3 is 9.64 Å². The van der Waals surface area contributed by atoms with Crippen LogP contribution < -0.4 is 0 Å². The van der Waals surface area contributed by atoms with Gasteiger partial charge in [-0.15, -0.1) is 0 Å². The third-order valence-electron chi connectivity index (χ3n) is 5.75. The van der Waals surface area contributed by atoms with Crippen LogP contribution in [0.3, 0.4) is 0 Å². The van der Waals surface area contributed by atoms with Gasteiger partial charge in [0.2, 0.25) is 11.8 Å². The fourth-order valence-electron chi connectivity index (χ4n) is 4.10. The lowest BCUT2D eigenvalue weighted by Gasteiger charge is -2.39. The van der Waals surface area contributed by atoms with Crippen LogP contribution in [0.1, 0.15) is 43.7 Å². The predicted octanol–water partition coefficient (Wildman–Crippen LogP) is 2.99. The molecule has 1 saturated carbocycles. The van der Waals surface area contributed by atoms with Crippen molar-refractivity contribution in [3.05, 3.63) is 30.1 Å². The van der Waals surface area contributed by atoms with E-state index >= 15 is 0 Å².